The first-order valence-corrected chi connectivity index (χ1v) is 6.14. The van der Waals surface area contributed by atoms with Crippen LogP contribution in [0.3, 0.4) is 0 Å². The van der Waals surface area contributed by atoms with Crippen LogP contribution in [0.25, 0.3) is 0 Å². The third-order valence-corrected chi connectivity index (χ3v) is 2.99. The molecule has 2 aromatic carbocycles. The van der Waals surface area contributed by atoms with Crippen molar-refractivity contribution >= 4 is 17.3 Å². The second-order valence-electron chi connectivity index (χ2n) is 4.07. The molecule has 0 radical (unpaired) electrons. The van der Waals surface area contributed by atoms with Crippen LogP contribution in [-0.4, -0.2) is 4.92 Å². The topological polar surface area (TPSA) is 76.2 Å². The highest BCUT2D eigenvalue weighted by molar-refractivity contribution is 6.32. The summed E-state index contributed by atoms with van der Waals surface area (Å²) in [5, 5.41) is 19.6. The Hall–Kier alpha value is -2.65. The van der Waals surface area contributed by atoms with Gasteiger partial charge < -0.3 is 4.74 Å². The van der Waals surface area contributed by atoms with E-state index in [4.69, 9.17) is 21.6 Å². The summed E-state index contributed by atoms with van der Waals surface area (Å²) in [5.41, 5.74) is 0.497. The van der Waals surface area contributed by atoms with Crippen LogP contribution in [0.4, 0.5) is 10.1 Å². The monoisotopic (exact) mass is 306 g/mol. The average Bonchev–Trinajstić information content (AvgIpc) is 2.46. The van der Waals surface area contributed by atoms with Crippen molar-refractivity contribution in [1.82, 2.24) is 0 Å². The second-order valence-corrected chi connectivity index (χ2v) is 4.48. The van der Waals surface area contributed by atoms with Gasteiger partial charge in [-0.05, 0) is 24.3 Å². The second kappa shape index (κ2) is 6.20. The van der Waals surface area contributed by atoms with E-state index in [9.17, 15) is 14.5 Å². The summed E-state index contributed by atoms with van der Waals surface area (Å²) < 4.78 is 18.5. The molecule has 21 heavy (non-hydrogen) atoms. The lowest BCUT2D eigenvalue weighted by Crippen LogP contribution is -2.00. The van der Waals surface area contributed by atoms with Crippen LogP contribution in [0.1, 0.15) is 11.1 Å². The summed E-state index contributed by atoms with van der Waals surface area (Å²) in [7, 11) is 0. The molecule has 0 saturated heterocycles. The number of nitriles is 1. The Morgan fingerprint density at radius 2 is 2.10 bits per heavy atom. The fraction of sp³-hybridized carbons (Fsp3) is 0.0714. The molecule has 0 aliphatic rings. The first-order chi connectivity index (χ1) is 10.0. The highest BCUT2D eigenvalue weighted by Gasteiger charge is 2.11. The van der Waals surface area contributed by atoms with Gasteiger partial charge in [-0.25, -0.2) is 4.39 Å². The van der Waals surface area contributed by atoms with E-state index in [1.807, 2.05) is 6.07 Å². The number of nitrogens with zero attached hydrogens (tertiary/aromatic N) is 2. The van der Waals surface area contributed by atoms with Crippen LogP contribution in [0.2, 0.25) is 5.02 Å². The van der Waals surface area contributed by atoms with Crippen molar-refractivity contribution in [3.05, 3.63) is 68.5 Å². The molecule has 0 aromatic heterocycles. The Morgan fingerprint density at radius 1 is 1.33 bits per heavy atom. The van der Waals surface area contributed by atoms with Gasteiger partial charge in [0.1, 0.15) is 18.2 Å². The number of nitro groups is 1. The zero-order chi connectivity index (χ0) is 15.4. The van der Waals surface area contributed by atoms with Crippen molar-refractivity contribution in [2.75, 3.05) is 0 Å². The Morgan fingerprint density at radius 3 is 2.71 bits per heavy atom. The summed E-state index contributed by atoms with van der Waals surface area (Å²) in [4.78, 5) is 10.0. The van der Waals surface area contributed by atoms with E-state index in [0.29, 0.717) is 5.56 Å². The van der Waals surface area contributed by atoms with Crippen molar-refractivity contribution in [3.63, 3.8) is 0 Å². The normalized spacial score (nSPS) is 9.95. The van der Waals surface area contributed by atoms with Crippen LogP contribution in [0, 0.1) is 27.3 Å². The molecule has 0 bridgehead atoms. The number of nitro benzene ring substituents is 1. The number of rotatable bonds is 4. The number of hydrogen-bond donors (Lipinski definition) is 0. The van der Waals surface area contributed by atoms with E-state index < -0.39 is 10.7 Å². The maximum Gasteiger partial charge on any atom is 0.271 e. The van der Waals surface area contributed by atoms with E-state index >= 15 is 0 Å². The molecular weight excluding hydrogens is 299 g/mol. The Balaban J connectivity index is 2.19. The van der Waals surface area contributed by atoms with Gasteiger partial charge in [-0.1, -0.05) is 11.6 Å². The minimum atomic E-state index is -0.573. The SMILES string of the molecule is N#Cc1ccc(F)cc1COc1ccc([N+](=O)[O-])cc1Cl. The van der Waals surface area contributed by atoms with Gasteiger partial charge in [0.05, 0.1) is 21.6 Å². The molecule has 2 rings (SSSR count). The van der Waals surface area contributed by atoms with E-state index in [1.54, 1.807) is 0 Å². The van der Waals surface area contributed by atoms with Crippen LogP contribution < -0.4 is 4.74 Å². The zero-order valence-electron chi connectivity index (χ0n) is 10.5. The first kappa shape index (κ1) is 14.8. The standard InChI is InChI=1S/C14H8ClFN2O3/c15-13-6-12(18(19)20)3-4-14(13)21-8-10-5-11(16)2-1-9(10)7-17/h1-6H,8H2. The summed E-state index contributed by atoms with van der Waals surface area (Å²) in [5.74, 6) is -0.266. The molecule has 0 unspecified atom stereocenters. The van der Waals surface area contributed by atoms with E-state index in [-0.39, 0.29) is 28.6 Å². The van der Waals surface area contributed by atoms with Gasteiger partial charge >= 0.3 is 0 Å². The number of hydrogen-bond acceptors (Lipinski definition) is 4. The minimum Gasteiger partial charge on any atom is -0.487 e. The largest absolute Gasteiger partial charge is 0.487 e. The molecule has 0 N–H and O–H groups in total. The van der Waals surface area contributed by atoms with Gasteiger partial charge in [-0.3, -0.25) is 10.1 Å². The Bertz CT molecular complexity index is 743. The smallest absolute Gasteiger partial charge is 0.271 e. The number of non-ortho nitro benzene ring substituents is 1. The lowest BCUT2D eigenvalue weighted by molar-refractivity contribution is -0.384. The van der Waals surface area contributed by atoms with Crippen molar-refractivity contribution in [3.8, 4) is 11.8 Å². The summed E-state index contributed by atoms with van der Waals surface area (Å²) in [6.07, 6.45) is 0. The zero-order valence-corrected chi connectivity index (χ0v) is 11.3. The predicted molar refractivity (Wildman–Crippen MR) is 73.6 cm³/mol. The van der Waals surface area contributed by atoms with Crippen molar-refractivity contribution in [2.24, 2.45) is 0 Å². The summed E-state index contributed by atoms with van der Waals surface area (Å²) >= 11 is 5.88. The summed E-state index contributed by atoms with van der Waals surface area (Å²) in [6.45, 7) is -0.0712. The Kier molecular flexibility index (Phi) is 4.36. The van der Waals surface area contributed by atoms with Crippen LogP contribution in [0.15, 0.2) is 36.4 Å². The molecule has 0 heterocycles. The molecule has 0 fully saturated rings. The summed E-state index contributed by atoms with van der Waals surface area (Å²) in [6, 6.07) is 9.42. The third kappa shape index (κ3) is 3.46. The quantitative estimate of drug-likeness (QED) is 0.635. The highest BCUT2D eigenvalue weighted by atomic mass is 35.5. The molecule has 106 valence electrons. The van der Waals surface area contributed by atoms with Gasteiger partial charge in [0.25, 0.3) is 5.69 Å². The molecule has 0 aliphatic heterocycles. The Labute approximate surface area is 124 Å². The van der Waals surface area contributed by atoms with Gasteiger partial charge in [0.15, 0.2) is 0 Å². The van der Waals surface area contributed by atoms with Crippen molar-refractivity contribution in [2.45, 2.75) is 6.61 Å². The number of benzene rings is 2. The molecular formula is C14H8ClFN2O3. The lowest BCUT2D eigenvalue weighted by atomic mass is 10.1. The molecule has 0 atom stereocenters. The molecule has 0 amide bonds. The molecule has 0 aliphatic carbocycles. The maximum atomic E-state index is 13.2. The molecule has 7 heteroatoms. The van der Waals surface area contributed by atoms with Gasteiger partial charge in [0, 0.05) is 17.7 Å². The molecule has 0 spiro atoms. The van der Waals surface area contributed by atoms with Crippen molar-refractivity contribution < 1.29 is 14.1 Å². The minimum absolute atomic E-state index is 0.0686. The maximum absolute atomic E-state index is 13.2. The molecule has 5 nitrogen and oxygen atoms in total. The van der Waals surface area contributed by atoms with Gasteiger partial charge in [-0.15, -0.1) is 0 Å². The molecule has 2 aromatic rings. The van der Waals surface area contributed by atoms with Crippen LogP contribution >= 0.6 is 11.6 Å². The lowest BCUT2D eigenvalue weighted by Gasteiger charge is -2.09. The average molecular weight is 307 g/mol. The fourth-order valence-electron chi connectivity index (χ4n) is 1.67. The predicted octanol–water partition coefficient (Wildman–Crippen LogP) is 3.84. The van der Waals surface area contributed by atoms with Gasteiger partial charge in [0.2, 0.25) is 0 Å². The number of ether oxygens (including phenoxy) is 1. The number of halogens is 2. The fourth-order valence-corrected chi connectivity index (χ4v) is 1.90. The van der Waals surface area contributed by atoms with E-state index in [2.05, 4.69) is 0 Å². The van der Waals surface area contributed by atoms with Crippen LogP contribution in [-0.2, 0) is 6.61 Å². The van der Waals surface area contributed by atoms with Crippen molar-refractivity contribution in [1.29, 1.82) is 5.26 Å². The van der Waals surface area contributed by atoms with Crippen LogP contribution in [0.5, 0.6) is 5.75 Å². The third-order valence-electron chi connectivity index (χ3n) is 2.70. The van der Waals surface area contributed by atoms with E-state index in [1.165, 1.54) is 30.3 Å². The molecule has 0 saturated carbocycles. The first-order valence-electron chi connectivity index (χ1n) is 5.76. The highest BCUT2D eigenvalue weighted by Crippen LogP contribution is 2.29. The van der Waals surface area contributed by atoms with Gasteiger partial charge in [-0.2, -0.15) is 5.26 Å². The van der Waals surface area contributed by atoms with E-state index in [0.717, 1.165) is 6.07 Å².